The molecule has 0 bridgehead atoms. The van der Waals surface area contributed by atoms with Gasteiger partial charge in [0.25, 0.3) is 5.91 Å². The van der Waals surface area contributed by atoms with E-state index in [-0.39, 0.29) is 12.5 Å². The van der Waals surface area contributed by atoms with Crippen molar-refractivity contribution in [3.63, 3.8) is 0 Å². The number of hydrogen-bond donors (Lipinski definition) is 2. The van der Waals surface area contributed by atoms with E-state index in [2.05, 4.69) is 10.3 Å². The number of nitrogens with one attached hydrogen (secondary N) is 1. The van der Waals surface area contributed by atoms with Crippen LogP contribution in [0.15, 0.2) is 18.5 Å². The number of aromatic nitrogens is 1. The Bertz CT molecular complexity index is 369. The molecule has 1 aromatic heterocycles. The van der Waals surface area contributed by atoms with E-state index in [1.54, 1.807) is 18.5 Å². The molecule has 0 spiro atoms. The summed E-state index contributed by atoms with van der Waals surface area (Å²) in [4.78, 5) is 15.9. The molecule has 5 heteroatoms. The van der Waals surface area contributed by atoms with Gasteiger partial charge in [0.2, 0.25) is 0 Å². The van der Waals surface area contributed by atoms with Gasteiger partial charge in [0, 0.05) is 31.1 Å². The second-order valence-corrected chi connectivity index (χ2v) is 3.83. The summed E-state index contributed by atoms with van der Waals surface area (Å²) in [6, 6.07) is 1.73. The van der Waals surface area contributed by atoms with Crippen LogP contribution in [0.25, 0.3) is 0 Å². The molecule has 1 rings (SSSR count). The summed E-state index contributed by atoms with van der Waals surface area (Å²) in [7, 11) is 0. The monoisotopic (exact) mass is 252 g/mol. The predicted octanol–water partition coefficient (Wildman–Crippen LogP) is 0.773. The van der Waals surface area contributed by atoms with Crippen molar-refractivity contribution in [3.8, 4) is 0 Å². The number of pyridine rings is 1. The third kappa shape index (κ3) is 4.81. The van der Waals surface area contributed by atoms with Crippen molar-refractivity contribution in [2.24, 2.45) is 0 Å². The van der Waals surface area contributed by atoms with E-state index in [9.17, 15) is 4.79 Å². The smallest absolute Gasteiger partial charge is 0.251 e. The van der Waals surface area contributed by atoms with Gasteiger partial charge in [-0.25, -0.2) is 0 Å². The zero-order valence-electron chi connectivity index (χ0n) is 10.7. The lowest BCUT2D eigenvalue weighted by molar-refractivity contribution is 0.0867. The van der Waals surface area contributed by atoms with E-state index in [1.807, 2.05) is 6.92 Å². The van der Waals surface area contributed by atoms with Crippen molar-refractivity contribution < 1.29 is 14.6 Å². The molecule has 100 valence electrons. The van der Waals surface area contributed by atoms with Crippen molar-refractivity contribution in [2.45, 2.75) is 19.8 Å². The average molecular weight is 252 g/mol. The van der Waals surface area contributed by atoms with Crippen molar-refractivity contribution in [1.82, 2.24) is 10.3 Å². The molecular weight excluding hydrogens is 232 g/mol. The van der Waals surface area contributed by atoms with Crippen LogP contribution in [0.2, 0.25) is 0 Å². The molecule has 1 aromatic rings. The van der Waals surface area contributed by atoms with Gasteiger partial charge in [-0.3, -0.25) is 9.78 Å². The minimum Gasteiger partial charge on any atom is -0.394 e. The fraction of sp³-hybridized carbons (Fsp3) is 0.538. The first-order chi connectivity index (χ1) is 8.79. The minimum absolute atomic E-state index is 0.0310. The molecule has 0 radical (unpaired) electrons. The summed E-state index contributed by atoms with van der Waals surface area (Å²) in [5, 5.41) is 11.4. The first-order valence-electron chi connectivity index (χ1n) is 6.19. The van der Waals surface area contributed by atoms with E-state index < -0.39 is 0 Å². The van der Waals surface area contributed by atoms with Gasteiger partial charge in [-0.2, -0.15) is 0 Å². The lowest BCUT2D eigenvalue weighted by Crippen LogP contribution is -2.26. The Hall–Kier alpha value is -1.46. The van der Waals surface area contributed by atoms with Crippen LogP contribution in [0.4, 0.5) is 0 Å². The van der Waals surface area contributed by atoms with Gasteiger partial charge in [-0.05, 0) is 24.5 Å². The maximum absolute atomic E-state index is 11.9. The first-order valence-corrected chi connectivity index (χ1v) is 6.19. The SMILES string of the molecule is CCc1cnccc1C(=O)NCCCOCCO. The number of aliphatic hydroxyl groups excluding tert-OH is 1. The molecule has 0 atom stereocenters. The lowest BCUT2D eigenvalue weighted by Gasteiger charge is -2.08. The quantitative estimate of drug-likeness (QED) is 0.670. The van der Waals surface area contributed by atoms with Crippen molar-refractivity contribution in [2.75, 3.05) is 26.4 Å². The highest BCUT2D eigenvalue weighted by atomic mass is 16.5. The highest BCUT2D eigenvalue weighted by molar-refractivity contribution is 5.95. The van der Waals surface area contributed by atoms with E-state index >= 15 is 0 Å². The Morgan fingerprint density at radius 1 is 1.50 bits per heavy atom. The maximum Gasteiger partial charge on any atom is 0.251 e. The topological polar surface area (TPSA) is 71.5 Å². The molecule has 0 fully saturated rings. The second-order valence-electron chi connectivity index (χ2n) is 3.83. The van der Waals surface area contributed by atoms with Gasteiger partial charge in [-0.1, -0.05) is 6.92 Å². The Morgan fingerprint density at radius 3 is 3.06 bits per heavy atom. The summed E-state index contributed by atoms with van der Waals surface area (Å²) in [6.45, 7) is 3.48. The van der Waals surface area contributed by atoms with Crippen molar-refractivity contribution in [3.05, 3.63) is 29.6 Å². The average Bonchev–Trinajstić information content (AvgIpc) is 2.42. The van der Waals surface area contributed by atoms with E-state index in [4.69, 9.17) is 9.84 Å². The zero-order chi connectivity index (χ0) is 13.2. The molecule has 0 unspecified atom stereocenters. The first kappa shape index (κ1) is 14.6. The summed E-state index contributed by atoms with van der Waals surface area (Å²) in [5.74, 6) is -0.0728. The van der Waals surface area contributed by atoms with E-state index in [1.165, 1.54) is 0 Å². The number of hydrogen-bond acceptors (Lipinski definition) is 4. The van der Waals surface area contributed by atoms with Crippen LogP contribution in [-0.2, 0) is 11.2 Å². The molecule has 2 N–H and O–H groups in total. The van der Waals surface area contributed by atoms with Crippen LogP contribution in [0.5, 0.6) is 0 Å². The van der Waals surface area contributed by atoms with Gasteiger partial charge in [0.15, 0.2) is 0 Å². The van der Waals surface area contributed by atoms with Crippen molar-refractivity contribution in [1.29, 1.82) is 0 Å². The van der Waals surface area contributed by atoms with Crippen LogP contribution >= 0.6 is 0 Å². The second kappa shape index (κ2) is 8.60. The molecule has 0 saturated heterocycles. The molecule has 0 saturated carbocycles. The number of aryl methyl sites for hydroxylation is 1. The van der Waals surface area contributed by atoms with Gasteiger partial charge in [0.05, 0.1) is 13.2 Å². The predicted molar refractivity (Wildman–Crippen MR) is 68.5 cm³/mol. The zero-order valence-corrected chi connectivity index (χ0v) is 10.7. The summed E-state index contributed by atoms with van der Waals surface area (Å²) < 4.78 is 5.10. The van der Waals surface area contributed by atoms with Crippen molar-refractivity contribution >= 4 is 5.91 Å². The molecule has 0 aliphatic heterocycles. The number of aliphatic hydroxyl groups is 1. The van der Waals surface area contributed by atoms with Crippen LogP contribution in [0.1, 0.15) is 29.3 Å². The summed E-state index contributed by atoms with van der Waals surface area (Å²) in [6.07, 6.45) is 4.87. The molecule has 1 amide bonds. The summed E-state index contributed by atoms with van der Waals surface area (Å²) >= 11 is 0. The maximum atomic E-state index is 11.9. The Labute approximate surface area is 107 Å². The van der Waals surface area contributed by atoms with Gasteiger partial charge in [-0.15, -0.1) is 0 Å². The standard InChI is InChI=1S/C13H20N2O3/c1-2-11-10-14-6-4-12(11)13(17)15-5-3-8-18-9-7-16/h4,6,10,16H,2-3,5,7-9H2,1H3,(H,15,17). The number of nitrogens with zero attached hydrogens (tertiary/aromatic N) is 1. The Kier molecular flexibility index (Phi) is 6.98. The van der Waals surface area contributed by atoms with Gasteiger partial charge >= 0.3 is 0 Å². The van der Waals surface area contributed by atoms with Crippen LogP contribution < -0.4 is 5.32 Å². The van der Waals surface area contributed by atoms with Crippen LogP contribution in [0.3, 0.4) is 0 Å². The number of rotatable bonds is 8. The third-order valence-electron chi connectivity index (χ3n) is 2.52. The Balaban J connectivity index is 2.32. The number of ether oxygens (including phenoxy) is 1. The third-order valence-corrected chi connectivity index (χ3v) is 2.52. The molecule has 18 heavy (non-hydrogen) atoms. The highest BCUT2D eigenvalue weighted by Crippen LogP contribution is 2.07. The van der Waals surface area contributed by atoms with E-state index in [0.29, 0.717) is 25.3 Å². The molecule has 0 aromatic carbocycles. The van der Waals surface area contributed by atoms with Crippen LogP contribution in [0, 0.1) is 0 Å². The Morgan fingerprint density at radius 2 is 2.33 bits per heavy atom. The molecule has 5 nitrogen and oxygen atoms in total. The number of amides is 1. The van der Waals surface area contributed by atoms with Gasteiger partial charge < -0.3 is 15.2 Å². The van der Waals surface area contributed by atoms with E-state index in [0.717, 1.165) is 18.4 Å². The largest absolute Gasteiger partial charge is 0.394 e. The molecular formula is C13H20N2O3. The number of carbonyl (C=O) groups excluding carboxylic acids is 1. The number of carbonyl (C=O) groups is 1. The highest BCUT2D eigenvalue weighted by Gasteiger charge is 2.08. The fourth-order valence-corrected chi connectivity index (χ4v) is 1.57. The fourth-order valence-electron chi connectivity index (χ4n) is 1.57. The summed E-state index contributed by atoms with van der Waals surface area (Å²) in [5.41, 5.74) is 1.63. The normalized spacial score (nSPS) is 10.3. The molecule has 1 heterocycles. The molecule has 0 aliphatic rings. The van der Waals surface area contributed by atoms with Gasteiger partial charge in [0.1, 0.15) is 0 Å². The lowest BCUT2D eigenvalue weighted by atomic mass is 10.1. The van der Waals surface area contributed by atoms with Crippen LogP contribution in [-0.4, -0.2) is 42.4 Å². The molecule has 0 aliphatic carbocycles. The minimum atomic E-state index is -0.0728.